The molecule has 1 fully saturated rings. The molecule has 0 radical (unpaired) electrons. The van der Waals surface area contributed by atoms with Crippen molar-refractivity contribution in [2.45, 2.75) is 12.6 Å². The van der Waals surface area contributed by atoms with Gasteiger partial charge in [0.15, 0.2) is 5.75 Å². The number of carbonyl (C=O) groups is 1. The van der Waals surface area contributed by atoms with Gasteiger partial charge in [0.25, 0.3) is 0 Å². The number of nitrogens with zero attached hydrogens (tertiary/aromatic N) is 1. The van der Waals surface area contributed by atoms with Crippen LogP contribution in [-0.2, 0) is 11.3 Å². The summed E-state index contributed by atoms with van der Waals surface area (Å²) in [4.78, 5) is 24.4. The summed E-state index contributed by atoms with van der Waals surface area (Å²) in [5.74, 6) is -0.445. The Balaban J connectivity index is 2.13. The lowest BCUT2D eigenvalue weighted by atomic mass is 10.1. The minimum absolute atomic E-state index is 0.310. The molecule has 1 saturated heterocycles. The van der Waals surface area contributed by atoms with Crippen LogP contribution in [0.3, 0.4) is 0 Å². The van der Waals surface area contributed by atoms with Gasteiger partial charge in [0.1, 0.15) is 18.1 Å². The molecule has 1 atom stereocenters. The van der Waals surface area contributed by atoms with Crippen LogP contribution < -0.4 is 16.5 Å². The molecular formula is C11H15N3O4. The average molecular weight is 253 g/mol. The van der Waals surface area contributed by atoms with Gasteiger partial charge in [-0.3, -0.25) is 14.5 Å². The number of nitrogens with one attached hydrogen (secondary N) is 1. The lowest BCUT2D eigenvalue weighted by Crippen LogP contribution is -2.56. The molecule has 0 bridgehead atoms. The van der Waals surface area contributed by atoms with E-state index in [2.05, 4.69) is 5.32 Å². The number of nitrogens with two attached hydrogens (primary N) is 1. The second kappa shape index (κ2) is 5.19. The van der Waals surface area contributed by atoms with Gasteiger partial charge in [0.05, 0.1) is 6.54 Å². The van der Waals surface area contributed by atoms with Crippen molar-refractivity contribution in [1.82, 2.24) is 10.2 Å². The molecule has 7 nitrogen and oxygen atoms in total. The van der Waals surface area contributed by atoms with Crippen LogP contribution in [0, 0.1) is 0 Å². The van der Waals surface area contributed by atoms with Crippen LogP contribution in [0.4, 0.5) is 0 Å². The maximum absolute atomic E-state index is 11.3. The first-order chi connectivity index (χ1) is 8.58. The van der Waals surface area contributed by atoms with Gasteiger partial charge in [0.2, 0.25) is 11.3 Å². The van der Waals surface area contributed by atoms with Crippen molar-refractivity contribution in [3.63, 3.8) is 0 Å². The first kappa shape index (κ1) is 12.6. The standard InChI is InChI=1S/C11H15N3O4/c12-11(17)8-4-13-1-2-14(8)5-7-3-9(15)10(16)6-18-7/h3,6,8,13,16H,1-2,4-5H2,(H2,12,17). The number of carbonyl (C=O) groups excluding carboxylic acids is 1. The van der Waals surface area contributed by atoms with Crippen molar-refractivity contribution >= 4 is 5.91 Å². The fourth-order valence-corrected chi connectivity index (χ4v) is 1.94. The number of piperazine rings is 1. The summed E-state index contributed by atoms with van der Waals surface area (Å²) in [6.07, 6.45) is 0.999. The van der Waals surface area contributed by atoms with Gasteiger partial charge >= 0.3 is 0 Å². The van der Waals surface area contributed by atoms with E-state index in [0.29, 0.717) is 25.4 Å². The summed E-state index contributed by atoms with van der Waals surface area (Å²) < 4.78 is 5.11. The second-order valence-corrected chi connectivity index (χ2v) is 4.19. The van der Waals surface area contributed by atoms with Gasteiger partial charge in [-0.1, -0.05) is 0 Å². The molecule has 0 spiro atoms. The lowest BCUT2D eigenvalue weighted by Gasteiger charge is -2.33. The molecule has 1 aliphatic rings. The third-order valence-corrected chi connectivity index (χ3v) is 2.91. The number of aromatic hydroxyl groups is 1. The SMILES string of the molecule is NC(=O)C1CNCCN1Cc1cc(=O)c(O)co1. The summed E-state index contributed by atoms with van der Waals surface area (Å²) in [6, 6.07) is 0.799. The van der Waals surface area contributed by atoms with Gasteiger partial charge < -0.3 is 20.6 Å². The van der Waals surface area contributed by atoms with E-state index in [1.54, 1.807) is 0 Å². The highest BCUT2D eigenvalue weighted by Crippen LogP contribution is 2.11. The summed E-state index contributed by atoms with van der Waals surface area (Å²) in [5, 5.41) is 12.2. The highest BCUT2D eigenvalue weighted by molar-refractivity contribution is 5.80. The van der Waals surface area contributed by atoms with Crippen LogP contribution in [-0.4, -0.2) is 41.6 Å². The number of rotatable bonds is 3. The van der Waals surface area contributed by atoms with Gasteiger partial charge in [-0.25, -0.2) is 0 Å². The summed E-state index contributed by atoms with van der Waals surface area (Å²) in [6.45, 7) is 2.17. The van der Waals surface area contributed by atoms with Crippen LogP contribution in [0.5, 0.6) is 5.75 Å². The Morgan fingerprint density at radius 1 is 1.67 bits per heavy atom. The fourth-order valence-electron chi connectivity index (χ4n) is 1.94. The second-order valence-electron chi connectivity index (χ2n) is 4.19. The van der Waals surface area contributed by atoms with Gasteiger partial charge in [-0.05, 0) is 0 Å². The van der Waals surface area contributed by atoms with E-state index in [0.717, 1.165) is 12.8 Å². The molecule has 0 saturated carbocycles. The molecule has 1 aromatic heterocycles. The molecule has 7 heteroatoms. The predicted molar refractivity (Wildman–Crippen MR) is 62.9 cm³/mol. The lowest BCUT2D eigenvalue weighted by molar-refractivity contribution is -0.124. The van der Waals surface area contributed by atoms with Crippen molar-refractivity contribution in [3.05, 3.63) is 28.3 Å². The third kappa shape index (κ3) is 2.69. The molecule has 18 heavy (non-hydrogen) atoms. The zero-order chi connectivity index (χ0) is 13.1. The van der Waals surface area contributed by atoms with E-state index in [1.807, 2.05) is 4.90 Å². The average Bonchev–Trinajstić information content (AvgIpc) is 2.34. The Kier molecular flexibility index (Phi) is 3.63. The Hall–Kier alpha value is -1.86. The topological polar surface area (TPSA) is 109 Å². The van der Waals surface area contributed by atoms with Gasteiger partial charge in [0, 0.05) is 25.7 Å². The Morgan fingerprint density at radius 3 is 3.11 bits per heavy atom. The van der Waals surface area contributed by atoms with Crippen LogP contribution in [0.15, 0.2) is 21.5 Å². The summed E-state index contributed by atoms with van der Waals surface area (Å²) in [5.41, 5.74) is 4.81. The van der Waals surface area contributed by atoms with E-state index < -0.39 is 23.1 Å². The normalized spacial score (nSPS) is 20.8. The zero-order valence-corrected chi connectivity index (χ0v) is 9.76. The fraction of sp³-hybridized carbons (Fsp3) is 0.455. The number of primary amides is 1. The largest absolute Gasteiger partial charge is 0.502 e. The Labute approximate surface area is 103 Å². The first-order valence-corrected chi connectivity index (χ1v) is 5.62. The van der Waals surface area contributed by atoms with Crippen molar-refractivity contribution in [2.24, 2.45) is 5.73 Å². The maximum Gasteiger partial charge on any atom is 0.236 e. The Morgan fingerprint density at radius 2 is 2.44 bits per heavy atom. The van der Waals surface area contributed by atoms with Crippen molar-refractivity contribution in [2.75, 3.05) is 19.6 Å². The number of hydrogen-bond acceptors (Lipinski definition) is 6. The molecule has 98 valence electrons. The van der Waals surface area contributed by atoms with E-state index in [-0.39, 0.29) is 0 Å². The van der Waals surface area contributed by atoms with Gasteiger partial charge in [-0.2, -0.15) is 0 Å². The van der Waals surface area contributed by atoms with Crippen LogP contribution in [0.25, 0.3) is 0 Å². The molecule has 0 aliphatic carbocycles. The van der Waals surface area contributed by atoms with Gasteiger partial charge in [-0.15, -0.1) is 0 Å². The van der Waals surface area contributed by atoms with E-state index in [9.17, 15) is 9.59 Å². The monoisotopic (exact) mass is 253 g/mol. The highest BCUT2D eigenvalue weighted by atomic mass is 16.4. The first-order valence-electron chi connectivity index (χ1n) is 5.62. The third-order valence-electron chi connectivity index (χ3n) is 2.91. The summed E-state index contributed by atoms with van der Waals surface area (Å²) in [7, 11) is 0. The molecule has 1 amide bonds. The summed E-state index contributed by atoms with van der Waals surface area (Å²) >= 11 is 0. The van der Waals surface area contributed by atoms with Crippen LogP contribution in [0.1, 0.15) is 5.76 Å². The minimum Gasteiger partial charge on any atom is -0.502 e. The van der Waals surface area contributed by atoms with Crippen LogP contribution >= 0.6 is 0 Å². The molecule has 2 rings (SSSR count). The van der Waals surface area contributed by atoms with E-state index in [4.69, 9.17) is 15.3 Å². The minimum atomic E-state index is -0.498. The molecule has 2 heterocycles. The highest BCUT2D eigenvalue weighted by Gasteiger charge is 2.27. The molecule has 1 aliphatic heterocycles. The zero-order valence-electron chi connectivity index (χ0n) is 9.76. The molecule has 1 unspecified atom stereocenters. The number of amides is 1. The molecule has 0 aromatic carbocycles. The Bertz CT molecular complexity index is 499. The van der Waals surface area contributed by atoms with E-state index in [1.165, 1.54) is 6.07 Å². The quantitative estimate of drug-likeness (QED) is 0.611. The van der Waals surface area contributed by atoms with Crippen LogP contribution in [0.2, 0.25) is 0 Å². The smallest absolute Gasteiger partial charge is 0.236 e. The van der Waals surface area contributed by atoms with E-state index >= 15 is 0 Å². The predicted octanol–water partition coefficient (Wildman–Crippen LogP) is -1.40. The molecule has 4 N–H and O–H groups in total. The number of hydrogen-bond donors (Lipinski definition) is 3. The van der Waals surface area contributed by atoms with Crippen molar-refractivity contribution in [3.8, 4) is 5.75 Å². The maximum atomic E-state index is 11.3. The van der Waals surface area contributed by atoms with Crippen molar-refractivity contribution < 1.29 is 14.3 Å². The molecular weight excluding hydrogens is 238 g/mol. The molecule has 1 aromatic rings. The van der Waals surface area contributed by atoms with Crippen molar-refractivity contribution in [1.29, 1.82) is 0 Å².